The summed E-state index contributed by atoms with van der Waals surface area (Å²) >= 11 is 0. The Morgan fingerprint density at radius 3 is 2.18 bits per heavy atom. The van der Waals surface area contributed by atoms with Crippen molar-refractivity contribution in [2.24, 2.45) is 5.92 Å². The third-order valence-corrected chi connectivity index (χ3v) is 5.89. The Kier molecular flexibility index (Phi) is 8.43. The van der Waals surface area contributed by atoms with E-state index >= 15 is 0 Å². The van der Waals surface area contributed by atoms with E-state index in [0.717, 1.165) is 22.3 Å². The monoisotopic (exact) mass is 454 g/mol. The van der Waals surface area contributed by atoms with Crippen LogP contribution in [0.3, 0.4) is 0 Å². The van der Waals surface area contributed by atoms with Gasteiger partial charge in [0.1, 0.15) is 6.61 Å². The van der Waals surface area contributed by atoms with Crippen LogP contribution in [0.5, 0.6) is 0 Å². The average molecular weight is 455 g/mol. The zero-order chi connectivity index (χ0) is 23.8. The zero-order valence-electron chi connectivity index (χ0n) is 18.9. The number of alkyl carbamates (subject to hydrolysis) is 1. The number of carboxylic acids is 1. The van der Waals surface area contributed by atoms with E-state index in [4.69, 9.17) is 14.6 Å². The van der Waals surface area contributed by atoms with Crippen LogP contribution in [0.1, 0.15) is 36.8 Å². The first-order chi connectivity index (χ1) is 15.9. The molecule has 0 heterocycles. The molecule has 0 fully saturated rings. The van der Waals surface area contributed by atoms with Gasteiger partial charge in [-0.15, -0.1) is 0 Å². The van der Waals surface area contributed by atoms with Crippen LogP contribution in [0.2, 0.25) is 0 Å². The van der Waals surface area contributed by atoms with Crippen molar-refractivity contribution in [3.8, 4) is 11.1 Å². The summed E-state index contributed by atoms with van der Waals surface area (Å²) < 4.78 is 10.6. The number of methoxy groups -OCH3 is 1. The largest absolute Gasteiger partial charge is 0.481 e. The first-order valence-corrected chi connectivity index (χ1v) is 11.0. The number of ether oxygens (including phenoxy) is 2. The highest BCUT2D eigenvalue weighted by atomic mass is 16.5. The minimum atomic E-state index is -0.873. The molecule has 3 rings (SSSR count). The summed E-state index contributed by atoms with van der Waals surface area (Å²) in [5, 5.41) is 14.2. The number of benzene rings is 2. The molecule has 2 atom stereocenters. The number of hydrogen-bond donors (Lipinski definition) is 3. The Balaban J connectivity index is 1.45. The molecule has 0 aromatic heterocycles. The van der Waals surface area contributed by atoms with Gasteiger partial charge in [-0.1, -0.05) is 55.5 Å². The summed E-state index contributed by atoms with van der Waals surface area (Å²) in [6.07, 6.45) is -0.495. The molecule has 3 N–H and O–H groups in total. The summed E-state index contributed by atoms with van der Waals surface area (Å²) in [5.41, 5.74) is 4.54. The van der Waals surface area contributed by atoms with E-state index in [1.54, 1.807) is 6.92 Å². The molecule has 0 radical (unpaired) electrons. The van der Waals surface area contributed by atoms with Crippen LogP contribution in [-0.4, -0.2) is 56.0 Å². The lowest BCUT2D eigenvalue weighted by molar-refractivity contribution is -0.141. The first-order valence-electron chi connectivity index (χ1n) is 11.0. The van der Waals surface area contributed by atoms with Crippen molar-refractivity contribution in [2.75, 3.05) is 26.8 Å². The van der Waals surface area contributed by atoms with Crippen LogP contribution in [0, 0.1) is 5.92 Å². The van der Waals surface area contributed by atoms with Crippen molar-refractivity contribution in [3.63, 3.8) is 0 Å². The number of amides is 2. The van der Waals surface area contributed by atoms with Gasteiger partial charge in [-0.3, -0.25) is 9.59 Å². The summed E-state index contributed by atoms with van der Waals surface area (Å²) in [5.74, 6) is -1.74. The topological polar surface area (TPSA) is 114 Å². The molecule has 2 aromatic rings. The molecule has 176 valence electrons. The minimum Gasteiger partial charge on any atom is -0.481 e. The highest BCUT2D eigenvalue weighted by Crippen LogP contribution is 2.44. The van der Waals surface area contributed by atoms with E-state index in [-0.39, 0.29) is 25.0 Å². The van der Waals surface area contributed by atoms with Crippen LogP contribution in [0.25, 0.3) is 11.1 Å². The fourth-order valence-corrected chi connectivity index (χ4v) is 3.97. The van der Waals surface area contributed by atoms with Gasteiger partial charge in [-0.05, 0) is 35.1 Å². The van der Waals surface area contributed by atoms with Gasteiger partial charge in [-0.25, -0.2) is 4.79 Å². The van der Waals surface area contributed by atoms with Gasteiger partial charge in [0.25, 0.3) is 5.91 Å². The van der Waals surface area contributed by atoms with Crippen molar-refractivity contribution < 1.29 is 29.0 Å². The molecule has 1 aliphatic carbocycles. The molecule has 0 aliphatic heterocycles. The van der Waals surface area contributed by atoms with Crippen LogP contribution in [0.15, 0.2) is 48.5 Å². The summed E-state index contributed by atoms with van der Waals surface area (Å²) in [4.78, 5) is 35.4. The normalized spacial score (nSPS) is 14.0. The highest BCUT2D eigenvalue weighted by molar-refractivity contribution is 5.82. The van der Waals surface area contributed by atoms with Crippen molar-refractivity contribution in [1.82, 2.24) is 10.6 Å². The molecule has 2 unspecified atom stereocenters. The highest BCUT2D eigenvalue weighted by Gasteiger charge is 2.29. The predicted octanol–water partition coefficient (Wildman–Crippen LogP) is 3.16. The lowest BCUT2D eigenvalue weighted by atomic mass is 9.98. The maximum Gasteiger partial charge on any atom is 0.407 e. The van der Waals surface area contributed by atoms with E-state index in [1.807, 2.05) is 36.4 Å². The molecule has 33 heavy (non-hydrogen) atoms. The second kappa shape index (κ2) is 11.5. The number of fused-ring (bicyclic) bond motifs is 3. The maximum absolute atomic E-state index is 12.3. The standard InChI is InChI=1S/C25H30N2O6/c1-16(24(29)30)8-7-13-26-23(28)22(32-2)14-27-25(31)33-15-21-19-11-5-3-9-17(19)18-10-4-6-12-20(18)21/h3-6,9-12,16,21-22H,7-8,13-15H2,1-2H3,(H,26,28)(H,27,31)(H,29,30). The van der Waals surface area contributed by atoms with Gasteiger partial charge in [0.15, 0.2) is 6.10 Å². The number of nitrogens with one attached hydrogen (secondary N) is 2. The number of aliphatic carboxylic acids is 1. The molecule has 2 amide bonds. The van der Waals surface area contributed by atoms with Crippen LogP contribution < -0.4 is 10.6 Å². The zero-order valence-corrected chi connectivity index (χ0v) is 18.9. The Labute approximate surface area is 193 Å². The van der Waals surface area contributed by atoms with Crippen molar-refractivity contribution in [3.05, 3.63) is 59.7 Å². The third-order valence-electron chi connectivity index (χ3n) is 5.89. The van der Waals surface area contributed by atoms with Crippen LogP contribution >= 0.6 is 0 Å². The van der Waals surface area contributed by atoms with E-state index in [2.05, 4.69) is 22.8 Å². The molecule has 0 spiro atoms. The molecule has 0 saturated heterocycles. The lowest BCUT2D eigenvalue weighted by Crippen LogP contribution is -2.44. The van der Waals surface area contributed by atoms with Gasteiger partial charge in [0.2, 0.25) is 0 Å². The number of rotatable bonds is 11. The first kappa shape index (κ1) is 24.3. The molecule has 8 nitrogen and oxygen atoms in total. The second-order valence-electron chi connectivity index (χ2n) is 8.10. The van der Waals surface area contributed by atoms with E-state index in [9.17, 15) is 14.4 Å². The summed E-state index contributed by atoms with van der Waals surface area (Å²) in [6, 6.07) is 16.2. The van der Waals surface area contributed by atoms with Gasteiger partial charge in [0, 0.05) is 19.6 Å². The Bertz CT molecular complexity index is 947. The summed E-state index contributed by atoms with van der Waals surface area (Å²) in [7, 11) is 1.39. The minimum absolute atomic E-state index is 0.0372. The van der Waals surface area contributed by atoms with Crippen LogP contribution in [-0.2, 0) is 19.1 Å². The molecule has 2 aromatic carbocycles. The van der Waals surface area contributed by atoms with E-state index in [1.165, 1.54) is 7.11 Å². The average Bonchev–Trinajstić information content (AvgIpc) is 3.14. The predicted molar refractivity (Wildman–Crippen MR) is 123 cm³/mol. The lowest BCUT2D eigenvalue weighted by Gasteiger charge is -2.17. The quantitative estimate of drug-likeness (QED) is 0.450. The Morgan fingerprint density at radius 1 is 1.00 bits per heavy atom. The van der Waals surface area contributed by atoms with Gasteiger partial charge in [-0.2, -0.15) is 0 Å². The third kappa shape index (κ3) is 6.10. The number of hydrogen-bond acceptors (Lipinski definition) is 5. The SMILES string of the molecule is COC(CNC(=O)OCC1c2ccccc2-c2ccccc21)C(=O)NCCCC(C)C(=O)O. The van der Waals surface area contributed by atoms with Gasteiger partial charge >= 0.3 is 12.1 Å². The number of carbonyl (C=O) groups is 3. The molecule has 0 saturated carbocycles. The molecular formula is C25H30N2O6. The van der Waals surface area contributed by atoms with E-state index in [0.29, 0.717) is 19.4 Å². The molecule has 8 heteroatoms. The number of carbonyl (C=O) groups excluding carboxylic acids is 2. The second-order valence-corrected chi connectivity index (χ2v) is 8.10. The fourth-order valence-electron chi connectivity index (χ4n) is 3.97. The number of carboxylic acid groups (broad SMARTS) is 1. The van der Waals surface area contributed by atoms with Gasteiger partial charge in [0.05, 0.1) is 12.5 Å². The van der Waals surface area contributed by atoms with E-state index < -0.39 is 24.1 Å². The van der Waals surface area contributed by atoms with Crippen molar-refractivity contribution in [2.45, 2.75) is 31.8 Å². The molecule has 1 aliphatic rings. The van der Waals surface area contributed by atoms with Gasteiger partial charge < -0.3 is 25.2 Å². The van der Waals surface area contributed by atoms with Crippen molar-refractivity contribution in [1.29, 1.82) is 0 Å². The smallest absolute Gasteiger partial charge is 0.407 e. The fraction of sp³-hybridized carbons (Fsp3) is 0.400. The van der Waals surface area contributed by atoms with Crippen LogP contribution in [0.4, 0.5) is 4.79 Å². The maximum atomic E-state index is 12.3. The molecular weight excluding hydrogens is 424 g/mol. The summed E-state index contributed by atoms with van der Waals surface area (Å²) in [6.45, 7) is 2.11. The van der Waals surface area contributed by atoms with Crippen molar-refractivity contribution >= 4 is 18.0 Å². The Hall–Kier alpha value is -3.39. The molecule has 0 bridgehead atoms. The Morgan fingerprint density at radius 2 is 1.61 bits per heavy atom.